The lowest BCUT2D eigenvalue weighted by Crippen LogP contribution is -2.47. The van der Waals surface area contributed by atoms with E-state index < -0.39 is 10.9 Å². The normalized spacial score (nSPS) is 22.1. The van der Waals surface area contributed by atoms with Crippen LogP contribution >= 0.6 is 0 Å². The first-order chi connectivity index (χ1) is 9.86. The van der Waals surface area contributed by atoms with E-state index in [1.54, 1.807) is 13.2 Å². The molecule has 7 nitrogen and oxygen atoms in total. The van der Waals surface area contributed by atoms with Gasteiger partial charge in [-0.05, 0) is 31.9 Å². The van der Waals surface area contributed by atoms with Gasteiger partial charge in [-0.2, -0.15) is 0 Å². The molecule has 2 rings (SSSR count). The molecular weight excluding hydrogens is 276 g/mol. The van der Waals surface area contributed by atoms with Crippen molar-refractivity contribution in [1.29, 1.82) is 0 Å². The fraction of sp³-hybridized carbons (Fsp3) is 0.500. The number of carbonyl (C=O) groups is 1. The quantitative estimate of drug-likeness (QED) is 0.676. The van der Waals surface area contributed by atoms with Crippen LogP contribution in [0, 0.1) is 10.1 Å². The van der Waals surface area contributed by atoms with Crippen molar-refractivity contribution in [1.82, 2.24) is 0 Å². The fourth-order valence-corrected chi connectivity index (χ4v) is 2.64. The molecule has 1 saturated heterocycles. The summed E-state index contributed by atoms with van der Waals surface area (Å²) in [6.07, 6.45) is 1.84. The van der Waals surface area contributed by atoms with E-state index in [4.69, 9.17) is 9.84 Å². The summed E-state index contributed by atoms with van der Waals surface area (Å²) in [6.45, 7) is 3.38. The Labute approximate surface area is 122 Å². The molecule has 1 heterocycles. The van der Waals surface area contributed by atoms with Crippen LogP contribution in [-0.4, -0.2) is 41.8 Å². The summed E-state index contributed by atoms with van der Waals surface area (Å²) in [5.74, 6) is -1.30. The van der Waals surface area contributed by atoms with E-state index in [2.05, 4.69) is 0 Å². The van der Waals surface area contributed by atoms with Gasteiger partial charge in [0.05, 0.1) is 10.5 Å². The van der Waals surface area contributed by atoms with Crippen molar-refractivity contribution in [3.8, 4) is 0 Å². The number of piperidine rings is 1. The van der Waals surface area contributed by atoms with Gasteiger partial charge in [-0.1, -0.05) is 0 Å². The van der Waals surface area contributed by atoms with Crippen LogP contribution in [0.5, 0.6) is 0 Å². The van der Waals surface area contributed by atoms with Crippen molar-refractivity contribution in [3.63, 3.8) is 0 Å². The Morgan fingerprint density at radius 1 is 1.52 bits per heavy atom. The van der Waals surface area contributed by atoms with E-state index in [-0.39, 0.29) is 16.9 Å². The summed E-state index contributed by atoms with van der Waals surface area (Å²) >= 11 is 0. The predicted molar refractivity (Wildman–Crippen MR) is 76.9 cm³/mol. The maximum Gasteiger partial charge on any atom is 0.342 e. The van der Waals surface area contributed by atoms with Gasteiger partial charge in [-0.15, -0.1) is 0 Å². The number of carboxylic acids is 1. The Morgan fingerprint density at radius 2 is 2.24 bits per heavy atom. The second-order valence-corrected chi connectivity index (χ2v) is 5.44. The monoisotopic (exact) mass is 294 g/mol. The summed E-state index contributed by atoms with van der Waals surface area (Å²) in [5, 5.41) is 20.0. The van der Waals surface area contributed by atoms with Crippen LogP contribution < -0.4 is 4.90 Å². The number of nitro groups is 1. The SMILES string of the molecule is COC1(C)CCCN(c2ccc(C(=O)O)c([N+](=O)[O-])c2)C1. The minimum Gasteiger partial charge on any atom is -0.477 e. The number of rotatable bonds is 4. The van der Waals surface area contributed by atoms with Gasteiger partial charge in [0.1, 0.15) is 5.56 Å². The molecular formula is C14H18N2O5. The van der Waals surface area contributed by atoms with Crippen molar-refractivity contribution < 1.29 is 19.6 Å². The molecule has 1 aromatic carbocycles. The summed E-state index contributed by atoms with van der Waals surface area (Å²) in [4.78, 5) is 23.4. The van der Waals surface area contributed by atoms with E-state index in [0.717, 1.165) is 19.4 Å². The van der Waals surface area contributed by atoms with Gasteiger partial charge in [0.25, 0.3) is 5.69 Å². The molecule has 1 fully saturated rings. The van der Waals surface area contributed by atoms with Crippen molar-refractivity contribution >= 4 is 17.3 Å². The predicted octanol–water partition coefficient (Wildman–Crippen LogP) is 2.30. The number of nitrogens with zero attached hydrogens (tertiary/aromatic N) is 2. The zero-order chi connectivity index (χ0) is 15.6. The zero-order valence-corrected chi connectivity index (χ0v) is 12.0. The first kappa shape index (κ1) is 15.2. The lowest BCUT2D eigenvalue weighted by Gasteiger charge is -2.40. The van der Waals surface area contributed by atoms with Crippen molar-refractivity contribution in [2.45, 2.75) is 25.4 Å². The average Bonchev–Trinajstić information content (AvgIpc) is 2.46. The largest absolute Gasteiger partial charge is 0.477 e. The van der Waals surface area contributed by atoms with Crippen molar-refractivity contribution in [2.24, 2.45) is 0 Å². The van der Waals surface area contributed by atoms with Crippen LogP contribution in [0.4, 0.5) is 11.4 Å². The van der Waals surface area contributed by atoms with Gasteiger partial charge in [-0.25, -0.2) is 4.79 Å². The maximum absolute atomic E-state index is 11.0. The zero-order valence-electron chi connectivity index (χ0n) is 12.0. The van der Waals surface area contributed by atoms with Crippen LogP contribution in [0.1, 0.15) is 30.1 Å². The topological polar surface area (TPSA) is 92.9 Å². The molecule has 0 spiro atoms. The third kappa shape index (κ3) is 3.13. The summed E-state index contributed by atoms with van der Waals surface area (Å²) in [6, 6.07) is 4.22. The maximum atomic E-state index is 11.0. The molecule has 1 unspecified atom stereocenters. The number of methoxy groups -OCH3 is 1. The number of nitro benzene ring substituents is 1. The minimum absolute atomic E-state index is 0.293. The number of hydrogen-bond donors (Lipinski definition) is 1. The molecule has 1 aromatic rings. The molecule has 0 aromatic heterocycles. The number of ether oxygens (including phenoxy) is 1. The summed E-state index contributed by atoms with van der Waals surface area (Å²) in [5.41, 5.74) is -0.326. The van der Waals surface area contributed by atoms with Crippen LogP contribution in [0.2, 0.25) is 0 Å². The van der Waals surface area contributed by atoms with E-state index in [9.17, 15) is 14.9 Å². The second kappa shape index (κ2) is 5.69. The van der Waals surface area contributed by atoms with Crippen LogP contribution in [-0.2, 0) is 4.74 Å². The van der Waals surface area contributed by atoms with Crippen molar-refractivity contribution in [3.05, 3.63) is 33.9 Å². The lowest BCUT2D eigenvalue weighted by atomic mass is 9.94. The third-order valence-electron chi connectivity index (χ3n) is 3.93. The standard InChI is InChI=1S/C14H18N2O5/c1-14(21-2)6-3-7-15(9-14)10-4-5-11(13(17)18)12(8-10)16(19)20/h4-5,8H,3,6-7,9H2,1-2H3,(H,17,18). The summed E-state index contributed by atoms with van der Waals surface area (Å²) < 4.78 is 5.50. The Bertz CT molecular complexity index is 574. The van der Waals surface area contributed by atoms with Gasteiger partial charge in [0.15, 0.2) is 0 Å². The van der Waals surface area contributed by atoms with Crippen molar-refractivity contribution in [2.75, 3.05) is 25.1 Å². The van der Waals surface area contributed by atoms with Crippen LogP contribution in [0.15, 0.2) is 18.2 Å². The van der Waals surface area contributed by atoms with Gasteiger partial charge in [-0.3, -0.25) is 10.1 Å². The molecule has 0 bridgehead atoms. The molecule has 0 saturated carbocycles. The Morgan fingerprint density at radius 3 is 2.81 bits per heavy atom. The Kier molecular flexibility index (Phi) is 4.13. The molecule has 0 aliphatic carbocycles. The third-order valence-corrected chi connectivity index (χ3v) is 3.93. The van der Waals surface area contributed by atoms with E-state index >= 15 is 0 Å². The molecule has 1 N–H and O–H groups in total. The van der Waals surface area contributed by atoms with E-state index in [1.165, 1.54) is 12.1 Å². The summed E-state index contributed by atoms with van der Waals surface area (Å²) in [7, 11) is 1.65. The molecule has 1 aliphatic heterocycles. The van der Waals surface area contributed by atoms with Gasteiger partial charge in [0, 0.05) is 32.0 Å². The fourth-order valence-electron chi connectivity index (χ4n) is 2.64. The van der Waals surface area contributed by atoms with Crippen LogP contribution in [0.25, 0.3) is 0 Å². The van der Waals surface area contributed by atoms with E-state index in [0.29, 0.717) is 12.2 Å². The number of carboxylic acid groups (broad SMARTS) is 1. The smallest absolute Gasteiger partial charge is 0.342 e. The molecule has 0 radical (unpaired) electrons. The molecule has 0 amide bonds. The molecule has 1 atom stereocenters. The van der Waals surface area contributed by atoms with E-state index in [1.807, 2.05) is 11.8 Å². The highest BCUT2D eigenvalue weighted by Gasteiger charge is 2.32. The van der Waals surface area contributed by atoms with Gasteiger partial charge >= 0.3 is 5.97 Å². The first-order valence-corrected chi connectivity index (χ1v) is 6.68. The Hall–Kier alpha value is -2.15. The Balaban J connectivity index is 2.34. The highest BCUT2D eigenvalue weighted by molar-refractivity contribution is 5.93. The molecule has 114 valence electrons. The van der Waals surface area contributed by atoms with Gasteiger partial charge < -0.3 is 14.7 Å². The number of aromatic carboxylic acids is 1. The molecule has 7 heteroatoms. The van der Waals surface area contributed by atoms with Gasteiger partial charge in [0.2, 0.25) is 0 Å². The highest BCUT2D eigenvalue weighted by Crippen LogP contribution is 2.31. The van der Waals surface area contributed by atoms with Crippen LogP contribution in [0.3, 0.4) is 0 Å². The second-order valence-electron chi connectivity index (χ2n) is 5.44. The number of hydrogen-bond acceptors (Lipinski definition) is 5. The minimum atomic E-state index is -1.30. The average molecular weight is 294 g/mol. The number of benzene rings is 1. The number of anilines is 1. The molecule has 1 aliphatic rings. The first-order valence-electron chi connectivity index (χ1n) is 6.68. The highest BCUT2D eigenvalue weighted by atomic mass is 16.6. The lowest BCUT2D eigenvalue weighted by molar-refractivity contribution is -0.385. The molecule has 21 heavy (non-hydrogen) atoms.